The second-order valence-corrected chi connectivity index (χ2v) is 5.65. The summed E-state index contributed by atoms with van der Waals surface area (Å²) in [5.41, 5.74) is -0.772. The third kappa shape index (κ3) is 3.68. The summed E-state index contributed by atoms with van der Waals surface area (Å²) in [5, 5.41) is 8.94. The Morgan fingerprint density at radius 3 is 2.09 bits per heavy atom. The fourth-order valence-electron chi connectivity index (χ4n) is 1.64. The van der Waals surface area contributed by atoms with Crippen molar-refractivity contribution in [2.24, 2.45) is 0 Å². The van der Waals surface area contributed by atoms with E-state index in [1.165, 1.54) is 12.1 Å². The highest BCUT2D eigenvalue weighted by Gasteiger charge is 2.19. The number of aromatic carboxylic acids is 1. The number of para-hydroxylation sites is 1. The van der Waals surface area contributed by atoms with Crippen molar-refractivity contribution >= 4 is 22.1 Å². The molecule has 2 aromatic carbocycles. The van der Waals surface area contributed by atoms with Gasteiger partial charge in [-0.25, -0.2) is 9.59 Å². The zero-order valence-corrected chi connectivity index (χ0v) is 11.8. The molecule has 0 aliphatic rings. The summed E-state index contributed by atoms with van der Waals surface area (Å²) in [7, 11) is -4.66. The van der Waals surface area contributed by atoms with E-state index >= 15 is 0 Å². The topological polar surface area (TPSA) is 118 Å². The molecule has 7 nitrogen and oxygen atoms in total. The van der Waals surface area contributed by atoms with Gasteiger partial charge in [-0.3, -0.25) is 4.55 Å². The smallest absolute Gasteiger partial charge is 0.343 e. The van der Waals surface area contributed by atoms with E-state index in [0.717, 1.165) is 18.2 Å². The molecular formula is C14H10O7S. The van der Waals surface area contributed by atoms with Crippen molar-refractivity contribution in [2.45, 2.75) is 4.90 Å². The lowest BCUT2D eigenvalue weighted by Crippen LogP contribution is -2.12. The van der Waals surface area contributed by atoms with Crippen molar-refractivity contribution in [3.63, 3.8) is 0 Å². The minimum absolute atomic E-state index is 0.210. The SMILES string of the molecule is O=C(O)c1cc(C(=O)Oc2ccccc2)cc(S(=O)(=O)O)c1. The van der Waals surface area contributed by atoms with E-state index in [4.69, 9.17) is 14.4 Å². The second-order valence-electron chi connectivity index (χ2n) is 4.23. The van der Waals surface area contributed by atoms with Gasteiger partial charge in [0.2, 0.25) is 0 Å². The predicted octanol–water partition coefficient (Wildman–Crippen LogP) is 1.85. The molecule has 0 unspecified atom stereocenters. The van der Waals surface area contributed by atoms with E-state index in [1.807, 2.05) is 0 Å². The quantitative estimate of drug-likeness (QED) is 0.501. The molecule has 0 aliphatic carbocycles. The Balaban J connectivity index is 2.43. The van der Waals surface area contributed by atoms with Crippen LogP contribution >= 0.6 is 0 Å². The molecule has 2 rings (SSSR count). The van der Waals surface area contributed by atoms with Gasteiger partial charge in [-0.2, -0.15) is 8.42 Å². The number of esters is 1. The molecule has 0 bridgehead atoms. The standard InChI is InChI=1S/C14H10O7S/c15-13(16)9-6-10(8-12(7-9)22(18,19)20)14(17)21-11-4-2-1-3-5-11/h1-8H,(H,15,16)(H,18,19,20). The van der Waals surface area contributed by atoms with Crippen LogP contribution in [0.2, 0.25) is 0 Å². The molecule has 0 heterocycles. The number of hydrogen-bond donors (Lipinski definition) is 2. The normalized spacial score (nSPS) is 11.0. The lowest BCUT2D eigenvalue weighted by Gasteiger charge is -2.07. The molecule has 0 amide bonds. The van der Waals surface area contributed by atoms with E-state index < -0.39 is 32.5 Å². The molecular weight excluding hydrogens is 312 g/mol. The minimum atomic E-state index is -4.66. The first kappa shape index (κ1) is 15.7. The van der Waals surface area contributed by atoms with Crippen LogP contribution in [0.4, 0.5) is 0 Å². The number of rotatable bonds is 4. The Morgan fingerprint density at radius 2 is 1.55 bits per heavy atom. The molecule has 0 atom stereocenters. The minimum Gasteiger partial charge on any atom is -0.478 e. The number of carboxylic acid groups (broad SMARTS) is 1. The molecule has 114 valence electrons. The van der Waals surface area contributed by atoms with Gasteiger partial charge in [0.1, 0.15) is 5.75 Å². The first-order valence-corrected chi connectivity index (χ1v) is 7.34. The summed E-state index contributed by atoms with van der Waals surface area (Å²) in [5.74, 6) is -2.18. The molecule has 0 saturated heterocycles. The van der Waals surface area contributed by atoms with Crippen molar-refractivity contribution in [3.05, 3.63) is 59.7 Å². The zero-order chi connectivity index (χ0) is 16.3. The van der Waals surface area contributed by atoms with Crippen molar-refractivity contribution in [3.8, 4) is 5.75 Å². The fourth-order valence-corrected chi connectivity index (χ4v) is 2.20. The van der Waals surface area contributed by atoms with E-state index in [9.17, 15) is 18.0 Å². The number of carboxylic acids is 1. The van der Waals surface area contributed by atoms with Crippen LogP contribution in [0.15, 0.2) is 53.4 Å². The maximum atomic E-state index is 12.0. The molecule has 2 N–H and O–H groups in total. The summed E-state index contributed by atoms with van der Waals surface area (Å²) in [6.07, 6.45) is 0. The van der Waals surface area contributed by atoms with Gasteiger partial charge in [0, 0.05) is 0 Å². The number of carbonyl (C=O) groups is 2. The average Bonchev–Trinajstić information content (AvgIpc) is 2.46. The number of ether oxygens (including phenoxy) is 1. The van der Waals surface area contributed by atoms with Gasteiger partial charge in [0.15, 0.2) is 0 Å². The molecule has 0 aliphatic heterocycles. The van der Waals surface area contributed by atoms with Crippen LogP contribution in [0.25, 0.3) is 0 Å². The van der Waals surface area contributed by atoms with Gasteiger partial charge in [0.05, 0.1) is 16.0 Å². The van der Waals surface area contributed by atoms with E-state index in [1.54, 1.807) is 18.2 Å². The van der Waals surface area contributed by atoms with Crippen LogP contribution in [-0.4, -0.2) is 30.0 Å². The molecule has 0 radical (unpaired) electrons. The summed E-state index contributed by atoms with van der Waals surface area (Å²) < 4.78 is 36.3. The van der Waals surface area contributed by atoms with E-state index in [2.05, 4.69) is 0 Å². The highest BCUT2D eigenvalue weighted by molar-refractivity contribution is 7.85. The largest absolute Gasteiger partial charge is 0.478 e. The highest BCUT2D eigenvalue weighted by Crippen LogP contribution is 2.18. The van der Waals surface area contributed by atoms with Gasteiger partial charge in [-0.15, -0.1) is 0 Å². The molecule has 0 saturated carbocycles. The van der Waals surface area contributed by atoms with Crippen LogP contribution in [0, 0.1) is 0 Å². The third-order valence-electron chi connectivity index (χ3n) is 2.64. The third-order valence-corrected chi connectivity index (χ3v) is 3.47. The molecule has 22 heavy (non-hydrogen) atoms. The van der Waals surface area contributed by atoms with Crippen LogP contribution in [0.3, 0.4) is 0 Å². The summed E-state index contributed by atoms with van der Waals surface area (Å²) in [6.45, 7) is 0. The van der Waals surface area contributed by atoms with Crippen LogP contribution in [-0.2, 0) is 10.1 Å². The van der Waals surface area contributed by atoms with Crippen LogP contribution in [0.1, 0.15) is 20.7 Å². The average molecular weight is 322 g/mol. The Hall–Kier alpha value is -2.71. The highest BCUT2D eigenvalue weighted by atomic mass is 32.2. The monoisotopic (exact) mass is 322 g/mol. The Labute approximate surface area is 125 Å². The summed E-state index contributed by atoms with van der Waals surface area (Å²) in [4.78, 5) is 22.3. The Bertz CT molecular complexity index is 826. The van der Waals surface area contributed by atoms with Crippen molar-refractivity contribution in [1.82, 2.24) is 0 Å². The molecule has 0 fully saturated rings. The number of carbonyl (C=O) groups excluding carboxylic acids is 1. The van der Waals surface area contributed by atoms with Gasteiger partial charge >= 0.3 is 11.9 Å². The van der Waals surface area contributed by atoms with Crippen molar-refractivity contribution in [1.29, 1.82) is 0 Å². The van der Waals surface area contributed by atoms with E-state index in [0.29, 0.717) is 0 Å². The van der Waals surface area contributed by atoms with Crippen molar-refractivity contribution in [2.75, 3.05) is 0 Å². The summed E-state index contributed by atoms with van der Waals surface area (Å²) in [6, 6.07) is 10.5. The maximum absolute atomic E-state index is 12.0. The van der Waals surface area contributed by atoms with Crippen LogP contribution < -0.4 is 4.74 Å². The van der Waals surface area contributed by atoms with Gasteiger partial charge in [-0.1, -0.05) is 18.2 Å². The number of hydrogen-bond acceptors (Lipinski definition) is 5. The lowest BCUT2D eigenvalue weighted by molar-refractivity contribution is 0.0696. The van der Waals surface area contributed by atoms with E-state index in [-0.39, 0.29) is 11.3 Å². The molecule has 0 spiro atoms. The Kier molecular flexibility index (Phi) is 4.25. The molecule has 8 heteroatoms. The fraction of sp³-hybridized carbons (Fsp3) is 0. The van der Waals surface area contributed by atoms with Gasteiger partial charge in [-0.05, 0) is 30.3 Å². The first-order valence-electron chi connectivity index (χ1n) is 5.90. The maximum Gasteiger partial charge on any atom is 0.343 e. The Morgan fingerprint density at radius 1 is 0.955 bits per heavy atom. The first-order chi connectivity index (χ1) is 10.3. The van der Waals surface area contributed by atoms with Gasteiger partial charge in [0.25, 0.3) is 10.1 Å². The van der Waals surface area contributed by atoms with Crippen LogP contribution in [0.5, 0.6) is 5.75 Å². The van der Waals surface area contributed by atoms with Crippen molar-refractivity contribution < 1.29 is 32.4 Å². The lowest BCUT2D eigenvalue weighted by atomic mass is 10.1. The van der Waals surface area contributed by atoms with Gasteiger partial charge < -0.3 is 9.84 Å². The predicted molar refractivity (Wildman–Crippen MR) is 74.6 cm³/mol. The molecule has 0 aromatic heterocycles. The second kappa shape index (κ2) is 5.96. The summed E-state index contributed by atoms with van der Waals surface area (Å²) >= 11 is 0. The molecule has 2 aromatic rings. The zero-order valence-electron chi connectivity index (χ0n) is 11.0. The number of benzene rings is 2.